The topological polar surface area (TPSA) is 40.6 Å². The van der Waals surface area contributed by atoms with E-state index in [1.165, 1.54) is 4.90 Å². The van der Waals surface area contributed by atoms with Gasteiger partial charge in [0.2, 0.25) is 0 Å². The third kappa shape index (κ3) is 1.66. The summed E-state index contributed by atoms with van der Waals surface area (Å²) in [6, 6.07) is 0.222. The highest BCUT2D eigenvalue weighted by molar-refractivity contribution is 6.35. The summed E-state index contributed by atoms with van der Waals surface area (Å²) in [4.78, 5) is 26.0. The number of hydrogen-bond donors (Lipinski definition) is 0. The molecule has 1 heterocycles. The molecule has 13 heavy (non-hydrogen) atoms. The summed E-state index contributed by atoms with van der Waals surface area (Å²) in [7, 11) is 1.67. The number of rotatable bonds is 1. The van der Waals surface area contributed by atoms with Crippen molar-refractivity contribution in [3.63, 3.8) is 0 Å². The molecule has 0 aromatic carbocycles. The van der Waals surface area contributed by atoms with Crippen molar-refractivity contribution >= 4 is 11.8 Å². The number of piperazine rings is 1. The molecule has 0 N–H and O–H groups in total. The highest BCUT2D eigenvalue weighted by Crippen LogP contribution is 2.12. The second kappa shape index (κ2) is 3.36. The van der Waals surface area contributed by atoms with Gasteiger partial charge in [0.1, 0.15) is 0 Å². The number of nitrogens with zero attached hydrogens (tertiary/aromatic N) is 2. The van der Waals surface area contributed by atoms with E-state index in [1.807, 2.05) is 20.8 Å². The van der Waals surface area contributed by atoms with Gasteiger partial charge in [0.25, 0.3) is 0 Å². The van der Waals surface area contributed by atoms with E-state index in [-0.39, 0.29) is 18.0 Å². The first-order valence-electron chi connectivity index (χ1n) is 4.53. The van der Waals surface area contributed by atoms with Crippen molar-refractivity contribution in [3.8, 4) is 0 Å². The molecule has 2 amide bonds. The molecule has 0 radical (unpaired) electrons. The van der Waals surface area contributed by atoms with Crippen LogP contribution in [-0.2, 0) is 9.59 Å². The van der Waals surface area contributed by atoms with E-state index in [0.29, 0.717) is 6.54 Å². The number of carbonyl (C=O) groups excluding carboxylic acids is 2. The summed E-state index contributed by atoms with van der Waals surface area (Å²) in [6.45, 7) is 6.42. The quantitative estimate of drug-likeness (QED) is 0.542. The van der Waals surface area contributed by atoms with E-state index in [9.17, 15) is 9.59 Å². The number of amides is 2. The lowest BCUT2D eigenvalue weighted by Gasteiger charge is -2.38. The normalized spacial score (nSPS) is 24.5. The summed E-state index contributed by atoms with van der Waals surface area (Å²) in [6.07, 6.45) is 0. The average Bonchev–Trinajstić information content (AvgIpc) is 2.07. The van der Waals surface area contributed by atoms with Gasteiger partial charge in [-0.1, -0.05) is 0 Å². The molecular formula is C9H16N2O2. The lowest BCUT2D eigenvalue weighted by Crippen LogP contribution is -2.58. The fourth-order valence-corrected chi connectivity index (χ4v) is 1.41. The van der Waals surface area contributed by atoms with Gasteiger partial charge >= 0.3 is 11.8 Å². The number of carbonyl (C=O) groups is 2. The SMILES string of the molecule is CC(C)N1C[C@@H](C)N(C)C(=O)C1=O. The van der Waals surface area contributed by atoms with Gasteiger partial charge in [-0.05, 0) is 20.8 Å². The zero-order valence-electron chi connectivity index (χ0n) is 8.57. The third-order valence-corrected chi connectivity index (χ3v) is 2.51. The van der Waals surface area contributed by atoms with Gasteiger partial charge in [-0.2, -0.15) is 0 Å². The van der Waals surface area contributed by atoms with Gasteiger partial charge in [0.05, 0.1) is 0 Å². The van der Waals surface area contributed by atoms with Gasteiger partial charge in [-0.15, -0.1) is 0 Å². The van der Waals surface area contributed by atoms with Crippen LogP contribution in [0.2, 0.25) is 0 Å². The first-order valence-corrected chi connectivity index (χ1v) is 4.53. The summed E-state index contributed by atoms with van der Waals surface area (Å²) in [5, 5.41) is 0. The molecule has 4 heteroatoms. The highest BCUT2D eigenvalue weighted by Gasteiger charge is 2.35. The van der Waals surface area contributed by atoms with Gasteiger partial charge in [0, 0.05) is 25.7 Å². The average molecular weight is 184 g/mol. The Hall–Kier alpha value is -1.06. The molecule has 0 spiro atoms. The zero-order chi connectivity index (χ0) is 10.2. The molecule has 1 rings (SSSR count). The van der Waals surface area contributed by atoms with Crippen molar-refractivity contribution in [1.82, 2.24) is 9.80 Å². The molecule has 0 unspecified atom stereocenters. The summed E-state index contributed by atoms with van der Waals surface area (Å²) in [5.74, 6) is -0.775. The lowest BCUT2D eigenvalue weighted by molar-refractivity contribution is -0.158. The van der Waals surface area contributed by atoms with Crippen LogP contribution in [0.3, 0.4) is 0 Å². The molecule has 1 aliphatic rings. The fraction of sp³-hybridized carbons (Fsp3) is 0.778. The number of likely N-dealkylation sites (N-methyl/N-ethyl adjacent to an activating group) is 1. The van der Waals surface area contributed by atoms with Crippen LogP contribution in [0, 0.1) is 0 Å². The van der Waals surface area contributed by atoms with Crippen LogP contribution in [0.4, 0.5) is 0 Å². The minimum atomic E-state index is -0.396. The van der Waals surface area contributed by atoms with Crippen LogP contribution in [0.5, 0.6) is 0 Å². The van der Waals surface area contributed by atoms with Gasteiger partial charge < -0.3 is 9.80 Å². The minimum Gasteiger partial charge on any atom is -0.333 e. The maximum absolute atomic E-state index is 11.5. The van der Waals surface area contributed by atoms with Gasteiger partial charge in [0.15, 0.2) is 0 Å². The fourth-order valence-electron chi connectivity index (χ4n) is 1.41. The maximum atomic E-state index is 11.5. The van der Waals surface area contributed by atoms with Crippen molar-refractivity contribution in [2.45, 2.75) is 32.9 Å². The first-order chi connectivity index (χ1) is 5.95. The molecule has 0 aromatic rings. The van der Waals surface area contributed by atoms with Crippen LogP contribution in [0.25, 0.3) is 0 Å². The molecule has 74 valence electrons. The molecular weight excluding hydrogens is 168 g/mol. The minimum absolute atomic E-state index is 0.104. The standard InChI is InChI=1S/C9H16N2O2/c1-6(2)11-5-7(3)10(4)8(12)9(11)13/h6-7H,5H2,1-4H3/t7-/m1/s1. The molecule has 1 aliphatic heterocycles. The molecule has 1 atom stereocenters. The van der Waals surface area contributed by atoms with E-state index < -0.39 is 5.91 Å². The van der Waals surface area contributed by atoms with Crippen molar-refractivity contribution in [3.05, 3.63) is 0 Å². The largest absolute Gasteiger partial charge is 0.333 e. The van der Waals surface area contributed by atoms with Crippen molar-refractivity contribution in [2.75, 3.05) is 13.6 Å². The Balaban J connectivity index is 2.83. The maximum Gasteiger partial charge on any atom is 0.312 e. The molecule has 0 bridgehead atoms. The molecule has 1 saturated heterocycles. The van der Waals surface area contributed by atoms with Crippen LogP contribution >= 0.6 is 0 Å². The second-order valence-electron chi connectivity index (χ2n) is 3.82. The zero-order valence-corrected chi connectivity index (χ0v) is 8.57. The monoisotopic (exact) mass is 184 g/mol. The van der Waals surface area contributed by atoms with Gasteiger partial charge in [-0.25, -0.2) is 0 Å². The molecule has 0 aliphatic carbocycles. The molecule has 0 saturated carbocycles. The third-order valence-electron chi connectivity index (χ3n) is 2.51. The van der Waals surface area contributed by atoms with Crippen molar-refractivity contribution < 1.29 is 9.59 Å². The predicted molar refractivity (Wildman–Crippen MR) is 49.1 cm³/mol. The van der Waals surface area contributed by atoms with Gasteiger partial charge in [-0.3, -0.25) is 9.59 Å². The van der Waals surface area contributed by atoms with E-state index >= 15 is 0 Å². The van der Waals surface area contributed by atoms with Crippen molar-refractivity contribution in [2.24, 2.45) is 0 Å². The first kappa shape index (κ1) is 10.0. The molecule has 0 aromatic heterocycles. The number of hydrogen-bond acceptors (Lipinski definition) is 2. The Kier molecular flexibility index (Phi) is 2.59. The highest BCUT2D eigenvalue weighted by atomic mass is 16.2. The summed E-state index contributed by atoms with van der Waals surface area (Å²) in [5.41, 5.74) is 0. The van der Waals surface area contributed by atoms with Crippen molar-refractivity contribution in [1.29, 1.82) is 0 Å². The summed E-state index contributed by atoms with van der Waals surface area (Å²) < 4.78 is 0. The van der Waals surface area contributed by atoms with E-state index in [1.54, 1.807) is 11.9 Å². The van der Waals surface area contributed by atoms with E-state index in [0.717, 1.165) is 0 Å². The van der Waals surface area contributed by atoms with Crippen LogP contribution in [0.1, 0.15) is 20.8 Å². The Morgan fingerprint density at radius 2 is 1.85 bits per heavy atom. The Morgan fingerprint density at radius 1 is 1.31 bits per heavy atom. The Labute approximate surface area is 78.5 Å². The Bertz CT molecular complexity index is 238. The molecule has 1 fully saturated rings. The summed E-state index contributed by atoms with van der Waals surface area (Å²) >= 11 is 0. The second-order valence-corrected chi connectivity index (χ2v) is 3.82. The van der Waals surface area contributed by atoms with Crippen LogP contribution < -0.4 is 0 Å². The predicted octanol–water partition coefficient (Wildman–Crippen LogP) is 0.0839. The van der Waals surface area contributed by atoms with Crippen LogP contribution in [0.15, 0.2) is 0 Å². The van der Waals surface area contributed by atoms with E-state index in [4.69, 9.17) is 0 Å². The van der Waals surface area contributed by atoms with E-state index in [2.05, 4.69) is 0 Å². The lowest BCUT2D eigenvalue weighted by atomic mass is 10.1. The smallest absolute Gasteiger partial charge is 0.312 e. The Morgan fingerprint density at radius 3 is 2.31 bits per heavy atom. The van der Waals surface area contributed by atoms with Crippen LogP contribution in [-0.4, -0.2) is 47.3 Å². The molecule has 4 nitrogen and oxygen atoms in total.